The Hall–Kier alpha value is -3.73. The van der Waals surface area contributed by atoms with Gasteiger partial charge in [-0.3, -0.25) is 0 Å². The molecule has 3 heterocycles. The van der Waals surface area contributed by atoms with Gasteiger partial charge in [-0.15, -0.1) is 5.10 Å². The van der Waals surface area contributed by atoms with E-state index in [0.717, 1.165) is 22.5 Å². The van der Waals surface area contributed by atoms with E-state index < -0.39 is 0 Å². The minimum atomic E-state index is 0.110. The molecule has 1 unspecified atom stereocenters. The topological polar surface area (TPSA) is 52.3 Å². The number of ether oxygens (including phenoxy) is 1. The molecule has 0 bridgehead atoms. The summed E-state index contributed by atoms with van der Waals surface area (Å²) in [5.74, 6) is 2.63. The Bertz CT molecular complexity index is 1410. The molecule has 0 spiro atoms. The highest BCUT2D eigenvalue weighted by Gasteiger charge is 2.35. The lowest BCUT2D eigenvalue weighted by molar-refractivity contribution is 0.405. The summed E-state index contributed by atoms with van der Waals surface area (Å²) in [5.41, 5.74) is 4.00. The maximum absolute atomic E-state index is 6.30. The van der Waals surface area contributed by atoms with Crippen molar-refractivity contribution in [2.75, 3.05) is 0 Å². The van der Waals surface area contributed by atoms with Crippen molar-refractivity contribution < 1.29 is 4.74 Å². The molecule has 5 nitrogen and oxygen atoms in total. The third kappa shape index (κ3) is 2.45. The molecule has 0 saturated heterocycles. The van der Waals surface area contributed by atoms with E-state index in [4.69, 9.17) is 14.8 Å². The summed E-state index contributed by atoms with van der Waals surface area (Å²) in [4.78, 5) is 9.52. The van der Waals surface area contributed by atoms with E-state index in [1.165, 1.54) is 16.3 Å². The number of fused-ring (bicyclic) bond motifs is 6. The summed E-state index contributed by atoms with van der Waals surface area (Å²) in [6, 6.07) is 22.7. The second-order valence-corrected chi connectivity index (χ2v) is 8.06. The van der Waals surface area contributed by atoms with Gasteiger partial charge in [-0.2, -0.15) is 0 Å². The van der Waals surface area contributed by atoms with Gasteiger partial charge in [-0.25, -0.2) is 14.5 Å². The van der Waals surface area contributed by atoms with Crippen LogP contribution in [0.3, 0.4) is 0 Å². The van der Waals surface area contributed by atoms with E-state index in [9.17, 15) is 0 Å². The summed E-state index contributed by atoms with van der Waals surface area (Å²) in [6.45, 7) is 4.48. The third-order valence-corrected chi connectivity index (χ3v) is 5.84. The Morgan fingerprint density at radius 3 is 2.53 bits per heavy atom. The summed E-state index contributed by atoms with van der Waals surface area (Å²) < 4.78 is 8.07. The molecule has 6 rings (SSSR count). The monoisotopic (exact) mass is 392 g/mol. The van der Waals surface area contributed by atoms with Crippen LogP contribution in [-0.4, -0.2) is 19.6 Å². The van der Waals surface area contributed by atoms with Crippen LogP contribution in [0.15, 0.2) is 73.1 Å². The molecule has 146 valence electrons. The average molecular weight is 392 g/mol. The van der Waals surface area contributed by atoms with Crippen molar-refractivity contribution in [3.05, 3.63) is 84.2 Å². The number of benzene rings is 3. The molecule has 3 aromatic carbocycles. The Kier molecular flexibility index (Phi) is 3.65. The first-order valence-corrected chi connectivity index (χ1v) is 10.2. The standard InChI is InChI=1S/C25H20N4O/c1-15(2)20-21-18-11-7-6-8-16(18)12-13-19(21)30-25-22(20)24-27-23(28-29(24)14-26-25)17-9-4-3-5-10-17/h3-15,20H,1-2H3. The summed E-state index contributed by atoms with van der Waals surface area (Å²) in [5, 5.41) is 7.11. The van der Waals surface area contributed by atoms with Crippen molar-refractivity contribution in [1.29, 1.82) is 0 Å². The normalized spacial score (nSPS) is 15.2. The fourth-order valence-corrected chi connectivity index (χ4v) is 4.52. The SMILES string of the molecule is CC(C)C1c2c(ccc3ccccc23)Oc2ncn3nc(-c4ccccc4)nc3c21. The predicted molar refractivity (Wildman–Crippen MR) is 117 cm³/mol. The first-order valence-electron chi connectivity index (χ1n) is 10.2. The zero-order chi connectivity index (χ0) is 20.2. The lowest BCUT2D eigenvalue weighted by Gasteiger charge is -2.31. The number of hydrogen-bond donors (Lipinski definition) is 0. The van der Waals surface area contributed by atoms with Crippen LogP contribution < -0.4 is 4.74 Å². The second-order valence-electron chi connectivity index (χ2n) is 8.06. The molecular formula is C25H20N4O. The first kappa shape index (κ1) is 17.2. The van der Waals surface area contributed by atoms with Crippen molar-refractivity contribution >= 4 is 16.4 Å². The molecule has 0 amide bonds. The summed E-state index contributed by atoms with van der Waals surface area (Å²) in [7, 11) is 0. The molecule has 5 aromatic rings. The molecule has 1 aliphatic rings. The van der Waals surface area contributed by atoms with Crippen molar-refractivity contribution in [3.63, 3.8) is 0 Å². The van der Waals surface area contributed by atoms with Crippen LogP contribution >= 0.6 is 0 Å². The number of aromatic nitrogens is 4. The molecular weight excluding hydrogens is 372 g/mol. The van der Waals surface area contributed by atoms with E-state index in [-0.39, 0.29) is 5.92 Å². The molecule has 30 heavy (non-hydrogen) atoms. The molecule has 5 heteroatoms. The van der Waals surface area contributed by atoms with Gasteiger partial charge in [0.1, 0.15) is 12.1 Å². The van der Waals surface area contributed by atoms with Gasteiger partial charge >= 0.3 is 0 Å². The minimum Gasteiger partial charge on any atom is -0.438 e. The highest BCUT2D eigenvalue weighted by molar-refractivity contribution is 5.90. The third-order valence-electron chi connectivity index (χ3n) is 5.84. The van der Waals surface area contributed by atoms with Gasteiger partial charge in [-0.05, 0) is 22.8 Å². The average Bonchev–Trinajstić information content (AvgIpc) is 3.22. The van der Waals surface area contributed by atoms with Crippen LogP contribution in [0.4, 0.5) is 0 Å². The van der Waals surface area contributed by atoms with Gasteiger partial charge in [0.15, 0.2) is 11.5 Å². The zero-order valence-electron chi connectivity index (χ0n) is 16.8. The fraction of sp³-hybridized carbons (Fsp3) is 0.160. The maximum atomic E-state index is 6.30. The Labute approximate surface area is 174 Å². The van der Waals surface area contributed by atoms with Crippen molar-refractivity contribution in [2.45, 2.75) is 19.8 Å². The lowest BCUT2D eigenvalue weighted by Crippen LogP contribution is -2.18. The molecule has 2 aromatic heterocycles. The van der Waals surface area contributed by atoms with Gasteiger partial charge in [0.05, 0.1) is 5.56 Å². The van der Waals surface area contributed by atoms with Crippen LogP contribution in [0.2, 0.25) is 0 Å². The van der Waals surface area contributed by atoms with Crippen LogP contribution in [0, 0.1) is 5.92 Å². The van der Waals surface area contributed by atoms with Gasteiger partial charge in [0.2, 0.25) is 5.88 Å². The molecule has 1 atom stereocenters. The largest absolute Gasteiger partial charge is 0.438 e. The fourth-order valence-electron chi connectivity index (χ4n) is 4.52. The Morgan fingerprint density at radius 1 is 0.900 bits per heavy atom. The first-order chi connectivity index (χ1) is 14.7. The number of rotatable bonds is 2. The van der Waals surface area contributed by atoms with Crippen LogP contribution in [0.25, 0.3) is 27.8 Å². The second kappa shape index (κ2) is 6.39. The van der Waals surface area contributed by atoms with Crippen molar-refractivity contribution in [3.8, 4) is 23.0 Å². The van der Waals surface area contributed by atoms with E-state index >= 15 is 0 Å². The van der Waals surface area contributed by atoms with E-state index in [1.807, 2.05) is 30.3 Å². The quantitative estimate of drug-likeness (QED) is 0.379. The molecule has 0 saturated carbocycles. The molecule has 0 fully saturated rings. The van der Waals surface area contributed by atoms with Gasteiger partial charge in [0, 0.05) is 17.0 Å². The van der Waals surface area contributed by atoms with Crippen molar-refractivity contribution in [2.24, 2.45) is 5.92 Å². The van der Waals surface area contributed by atoms with Crippen LogP contribution in [-0.2, 0) is 0 Å². The maximum Gasteiger partial charge on any atom is 0.228 e. The van der Waals surface area contributed by atoms with Gasteiger partial charge in [-0.1, -0.05) is 74.5 Å². The van der Waals surface area contributed by atoms with E-state index in [0.29, 0.717) is 17.6 Å². The van der Waals surface area contributed by atoms with Gasteiger partial charge in [0.25, 0.3) is 0 Å². The minimum absolute atomic E-state index is 0.110. The highest BCUT2D eigenvalue weighted by Crippen LogP contribution is 2.50. The van der Waals surface area contributed by atoms with Crippen LogP contribution in [0.1, 0.15) is 30.9 Å². The molecule has 0 radical (unpaired) electrons. The van der Waals surface area contributed by atoms with E-state index in [1.54, 1.807) is 10.8 Å². The van der Waals surface area contributed by atoms with Crippen molar-refractivity contribution in [1.82, 2.24) is 19.6 Å². The summed E-state index contributed by atoms with van der Waals surface area (Å²) in [6.07, 6.45) is 1.69. The smallest absolute Gasteiger partial charge is 0.228 e. The molecule has 0 aliphatic carbocycles. The summed E-state index contributed by atoms with van der Waals surface area (Å²) >= 11 is 0. The molecule has 0 N–H and O–H groups in total. The van der Waals surface area contributed by atoms with E-state index in [2.05, 4.69) is 55.2 Å². The highest BCUT2D eigenvalue weighted by atomic mass is 16.5. The Balaban J connectivity index is 1.64. The lowest BCUT2D eigenvalue weighted by atomic mass is 9.79. The predicted octanol–water partition coefficient (Wildman–Crippen LogP) is 5.84. The molecule has 1 aliphatic heterocycles. The van der Waals surface area contributed by atoms with Gasteiger partial charge < -0.3 is 4.74 Å². The Morgan fingerprint density at radius 2 is 1.70 bits per heavy atom. The zero-order valence-corrected chi connectivity index (χ0v) is 16.8. The number of hydrogen-bond acceptors (Lipinski definition) is 4. The number of nitrogens with zero attached hydrogens (tertiary/aromatic N) is 4. The van der Waals surface area contributed by atoms with Crippen LogP contribution in [0.5, 0.6) is 11.6 Å².